The second-order valence-electron chi connectivity index (χ2n) is 7.28. The predicted molar refractivity (Wildman–Crippen MR) is 98.1 cm³/mol. The SMILES string of the molecule is O=C(NCC(Cc1ccccc1)N1CCCC1)NC1CCCCC1. The second kappa shape index (κ2) is 9.07. The molecular weight excluding hydrogens is 298 g/mol. The number of rotatable bonds is 6. The average molecular weight is 329 g/mol. The van der Waals surface area contributed by atoms with Crippen molar-refractivity contribution in [2.24, 2.45) is 0 Å². The van der Waals surface area contributed by atoms with Crippen LogP contribution in [0.5, 0.6) is 0 Å². The Hall–Kier alpha value is -1.55. The third-order valence-electron chi connectivity index (χ3n) is 5.41. The van der Waals surface area contributed by atoms with Crippen molar-refractivity contribution in [2.75, 3.05) is 19.6 Å². The number of carbonyl (C=O) groups excluding carboxylic acids is 1. The standard InChI is InChI=1S/C20H31N3O/c24-20(22-18-11-5-2-6-12-18)21-16-19(23-13-7-8-14-23)15-17-9-3-1-4-10-17/h1,3-4,9-10,18-19H,2,5-8,11-16H2,(H2,21,22,24). The quantitative estimate of drug-likeness (QED) is 0.841. The van der Waals surface area contributed by atoms with Gasteiger partial charge in [0.2, 0.25) is 0 Å². The highest BCUT2D eigenvalue weighted by Crippen LogP contribution is 2.18. The maximum Gasteiger partial charge on any atom is 0.315 e. The number of urea groups is 1. The lowest BCUT2D eigenvalue weighted by molar-refractivity contribution is 0.214. The van der Waals surface area contributed by atoms with E-state index in [2.05, 4.69) is 45.9 Å². The van der Waals surface area contributed by atoms with E-state index in [0.29, 0.717) is 12.1 Å². The summed E-state index contributed by atoms with van der Waals surface area (Å²) in [5, 5.41) is 6.30. The lowest BCUT2D eigenvalue weighted by Crippen LogP contribution is -2.49. The van der Waals surface area contributed by atoms with Crippen molar-refractivity contribution >= 4 is 6.03 Å². The highest BCUT2D eigenvalue weighted by atomic mass is 16.2. The zero-order valence-electron chi connectivity index (χ0n) is 14.7. The molecule has 2 fully saturated rings. The van der Waals surface area contributed by atoms with Crippen LogP contribution >= 0.6 is 0 Å². The molecule has 4 nitrogen and oxygen atoms in total. The van der Waals surface area contributed by atoms with E-state index in [1.807, 2.05) is 0 Å². The molecule has 2 aliphatic rings. The summed E-state index contributed by atoms with van der Waals surface area (Å²) >= 11 is 0. The second-order valence-corrected chi connectivity index (χ2v) is 7.28. The van der Waals surface area contributed by atoms with Crippen molar-refractivity contribution in [1.82, 2.24) is 15.5 Å². The first-order valence-electron chi connectivity index (χ1n) is 9.63. The van der Waals surface area contributed by atoms with Gasteiger partial charge in [-0.2, -0.15) is 0 Å². The van der Waals surface area contributed by atoms with Gasteiger partial charge in [-0.25, -0.2) is 4.79 Å². The summed E-state index contributed by atoms with van der Waals surface area (Å²) in [6, 6.07) is 11.4. The van der Waals surface area contributed by atoms with Crippen LogP contribution in [0, 0.1) is 0 Å². The van der Waals surface area contributed by atoms with E-state index in [0.717, 1.165) is 38.9 Å². The topological polar surface area (TPSA) is 44.4 Å². The van der Waals surface area contributed by atoms with Gasteiger partial charge >= 0.3 is 6.03 Å². The highest BCUT2D eigenvalue weighted by molar-refractivity contribution is 5.74. The van der Waals surface area contributed by atoms with Crippen LogP contribution in [-0.2, 0) is 6.42 Å². The monoisotopic (exact) mass is 329 g/mol. The molecule has 0 radical (unpaired) electrons. The molecule has 0 aromatic heterocycles. The molecule has 1 aromatic carbocycles. The Balaban J connectivity index is 1.50. The molecule has 24 heavy (non-hydrogen) atoms. The summed E-state index contributed by atoms with van der Waals surface area (Å²) in [6.07, 6.45) is 9.63. The van der Waals surface area contributed by atoms with Crippen molar-refractivity contribution in [3.63, 3.8) is 0 Å². The van der Waals surface area contributed by atoms with Gasteiger partial charge in [0, 0.05) is 18.6 Å². The number of nitrogens with one attached hydrogen (secondary N) is 2. The smallest absolute Gasteiger partial charge is 0.315 e. The lowest BCUT2D eigenvalue weighted by atomic mass is 9.96. The summed E-state index contributed by atoms with van der Waals surface area (Å²) in [6.45, 7) is 3.04. The molecule has 1 unspecified atom stereocenters. The Morgan fingerprint density at radius 2 is 1.75 bits per heavy atom. The number of benzene rings is 1. The molecule has 3 rings (SSSR count). The van der Waals surface area contributed by atoms with E-state index in [4.69, 9.17) is 0 Å². The summed E-state index contributed by atoms with van der Waals surface area (Å²) < 4.78 is 0. The summed E-state index contributed by atoms with van der Waals surface area (Å²) in [5.74, 6) is 0. The van der Waals surface area contributed by atoms with E-state index in [-0.39, 0.29) is 6.03 Å². The molecule has 1 heterocycles. The minimum Gasteiger partial charge on any atom is -0.337 e. The van der Waals surface area contributed by atoms with Gasteiger partial charge in [0.1, 0.15) is 0 Å². The van der Waals surface area contributed by atoms with Crippen LogP contribution in [0.15, 0.2) is 30.3 Å². The zero-order chi connectivity index (χ0) is 16.6. The summed E-state index contributed by atoms with van der Waals surface area (Å²) in [7, 11) is 0. The minimum absolute atomic E-state index is 0.0131. The molecule has 0 bridgehead atoms. The van der Waals surface area contributed by atoms with Crippen LogP contribution < -0.4 is 10.6 Å². The molecular formula is C20H31N3O. The van der Waals surface area contributed by atoms with Crippen LogP contribution in [0.2, 0.25) is 0 Å². The minimum atomic E-state index is 0.0131. The molecule has 4 heteroatoms. The Morgan fingerprint density at radius 1 is 1.04 bits per heavy atom. The van der Waals surface area contributed by atoms with E-state index in [9.17, 15) is 4.79 Å². The molecule has 1 aromatic rings. The molecule has 2 amide bonds. The number of amides is 2. The van der Waals surface area contributed by atoms with Gasteiger partial charge in [-0.3, -0.25) is 4.90 Å². The van der Waals surface area contributed by atoms with E-state index >= 15 is 0 Å². The van der Waals surface area contributed by atoms with E-state index in [1.165, 1.54) is 37.7 Å². The van der Waals surface area contributed by atoms with E-state index in [1.54, 1.807) is 0 Å². The molecule has 1 saturated carbocycles. The Labute approximate surface area is 146 Å². The van der Waals surface area contributed by atoms with Crippen LogP contribution in [0.1, 0.15) is 50.5 Å². The molecule has 1 saturated heterocycles. The van der Waals surface area contributed by atoms with Gasteiger partial charge in [-0.1, -0.05) is 49.6 Å². The first kappa shape index (κ1) is 17.3. The van der Waals surface area contributed by atoms with Gasteiger partial charge in [-0.05, 0) is 50.8 Å². The highest BCUT2D eigenvalue weighted by Gasteiger charge is 2.23. The van der Waals surface area contributed by atoms with Gasteiger partial charge in [0.25, 0.3) is 0 Å². The van der Waals surface area contributed by atoms with Gasteiger partial charge in [0.15, 0.2) is 0 Å². The fourth-order valence-corrected chi connectivity index (χ4v) is 4.02. The largest absolute Gasteiger partial charge is 0.337 e. The summed E-state index contributed by atoms with van der Waals surface area (Å²) in [4.78, 5) is 14.8. The van der Waals surface area contributed by atoms with Crippen molar-refractivity contribution in [1.29, 1.82) is 0 Å². The van der Waals surface area contributed by atoms with Crippen LogP contribution in [-0.4, -0.2) is 42.6 Å². The third kappa shape index (κ3) is 5.23. The van der Waals surface area contributed by atoms with Crippen molar-refractivity contribution in [3.8, 4) is 0 Å². The van der Waals surface area contributed by atoms with Crippen molar-refractivity contribution in [2.45, 2.75) is 63.5 Å². The van der Waals surface area contributed by atoms with Gasteiger partial charge < -0.3 is 10.6 Å². The normalized spacial score (nSPS) is 20.7. The number of nitrogens with zero attached hydrogens (tertiary/aromatic N) is 1. The summed E-state index contributed by atoms with van der Waals surface area (Å²) in [5.41, 5.74) is 1.35. The molecule has 2 N–H and O–H groups in total. The van der Waals surface area contributed by atoms with E-state index < -0.39 is 0 Å². The first-order valence-corrected chi connectivity index (χ1v) is 9.63. The maximum atomic E-state index is 12.2. The van der Waals surface area contributed by atoms with Gasteiger partial charge in [-0.15, -0.1) is 0 Å². The predicted octanol–water partition coefficient (Wildman–Crippen LogP) is 3.33. The van der Waals surface area contributed by atoms with Crippen LogP contribution in [0.3, 0.4) is 0 Å². The first-order chi connectivity index (χ1) is 11.8. The molecule has 1 aliphatic carbocycles. The molecule has 0 spiro atoms. The van der Waals surface area contributed by atoms with Gasteiger partial charge in [0.05, 0.1) is 0 Å². The molecule has 1 aliphatic heterocycles. The van der Waals surface area contributed by atoms with Crippen LogP contribution in [0.4, 0.5) is 4.79 Å². The molecule has 1 atom stereocenters. The van der Waals surface area contributed by atoms with Crippen molar-refractivity contribution in [3.05, 3.63) is 35.9 Å². The Bertz CT molecular complexity index is 493. The average Bonchev–Trinajstić information content (AvgIpc) is 3.15. The zero-order valence-corrected chi connectivity index (χ0v) is 14.7. The fourth-order valence-electron chi connectivity index (χ4n) is 4.02. The van der Waals surface area contributed by atoms with Crippen LogP contribution in [0.25, 0.3) is 0 Å². The third-order valence-corrected chi connectivity index (χ3v) is 5.41. The Kier molecular flexibility index (Phi) is 6.53. The lowest BCUT2D eigenvalue weighted by Gasteiger charge is -2.29. The number of carbonyl (C=O) groups is 1. The number of likely N-dealkylation sites (tertiary alicyclic amines) is 1. The molecule has 132 valence electrons. The number of hydrogen-bond donors (Lipinski definition) is 2. The fraction of sp³-hybridized carbons (Fsp3) is 0.650. The van der Waals surface area contributed by atoms with Crippen molar-refractivity contribution < 1.29 is 4.79 Å². The number of hydrogen-bond acceptors (Lipinski definition) is 2. The maximum absolute atomic E-state index is 12.2. The Morgan fingerprint density at radius 3 is 2.46 bits per heavy atom.